The summed E-state index contributed by atoms with van der Waals surface area (Å²) in [5.41, 5.74) is 1.55. The number of nitrogens with zero attached hydrogens (tertiary/aromatic N) is 2. The third-order valence-electron chi connectivity index (χ3n) is 4.58. The number of nitrogens with one attached hydrogen (secondary N) is 1. The summed E-state index contributed by atoms with van der Waals surface area (Å²) >= 11 is 0. The van der Waals surface area contributed by atoms with E-state index in [0.29, 0.717) is 12.2 Å². The smallest absolute Gasteiger partial charge is 0.268 e. The van der Waals surface area contributed by atoms with Gasteiger partial charge < -0.3 is 14.6 Å². The molecule has 1 fully saturated rings. The summed E-state index contributed by atoms with van der Waals surface area (Å²) in [6.45, 7) is 0.775. The zero-order chi connectivity index (χ0) is 17.9. The molecule has 0 bridgehead atoms. The van der Waals surface area contributed by atoms with Crippen LogP contribution in [0.15, 0.2) is 42.9 Å². The molecular formula is C18H21F2N3O2. The SMILES string of the molecule is COC(CNC(=O)c1cccn1Cc1ccncc1)C1CC(F)(F)C1. The van der Waals surface area contributed by atoms with E-state index in [-0.39, 0.29) is 31.2 Å². The molecule has 1 N–H and O–H groups in total. The number of methoxy groups -OCH3 is 1. The van der Waals surface area contributed by atoms with Crippen LogP contribution in [0.4, 0.5) is 8.78 Å². The molecule has 2 heterocycles. The van der Waals surface area contributed by atoms with Crippen molar-refractivity contribution in [3.8, 4) is 0 Å². The predicted molar refractivity (Wildman–Crippen MR) is 88.6 cm³/mol. The second kappa shape index (κ2) is 7.31. The average molecular weight is 349 g/mol. The molecule has 1 unspecified atom stereocenters. The summed E-state index contributed by atoms with van der Waals surface area (Å²) in [6, 6.07) is 7.31. The van der Waals surface area contributed by atoms with E-state index in [1.807, 2.05) is 22.9 Å². The lowest BCUT2D eigenvalue weighted by Gasteiger charge is -2.39. The molecule has 0 saturated heterocycles. The summed E-state index contributed by atoms with van der Waals surface area (Å²) in [7, 11) is 1.49. The minimum absolute atomic E-state index is 0.181. The van der Waals surface area contributed by atoms with Gasteiger partial charge in [-0.1, -0.05) is 0 Å². The second-order valence-electron chi connectivity index (χ2n) is 6.39. The normalized spacial score (nSPS) is 17.7. The highest BCUT2D eigenvalue weighted by Gasteiger charge is 2.48. The molecule has 1 aliphatic carbocycles. The molecule has 2 aromatic heterocycles. The molecule has 0 aromatic carbocycles. The van der Waals surface area contributed by atoms with Crippen LogP contribution in [0, 0.1) is 5.92 Å². The van der Waals surface area contributed by atoms with Gasteiger partial charge in [0.05, 0.1) is 6.10 Å². The van der Waals surface area contributed by atoms with Gasteiger partial charge in [0, 0.05) is 51.6 Å². The van der Waals surface area contributed by atoms with E-state index in [1.54, 1.807) is 24.5 Å². The summed E-state index contributed by atoms with van der Waals surface area (Å²) in [5.74, 6) is -3.05. The zero-order valence-electron chi connectivity index (χ0n) is 14.0. The predicted octanol–water partition coefficient (Wildman–Crippen LogP) is 2.72. The van der Waals surface area contributed by atoms with Gasteiger partial charge in [0.1, 0.15) is 5.69 Å². The largest absolute Gasteiger partial charge is 0.379 e. The van der Waals surface area contributed by atoms with Gasteiger partial charge in [0.25, 0.3) is 5.91 Å². The molecule has 7 heteroatoms. The number of pyridine rings is 1. The van der Waals surface area contributed by atoms with Crippen LogP contribution in [0.3, 0.4) is 0 Å². The van der Waals surface area contributed by atoms with E-state index in [9.17, 15) is 13.6 Å². The van der Waals surface area contributed by atoms with Crippen LogP contribution >= 0.6 is 0 Å². The van der Waals surface area contributed by atoms with Gasteiger partial charge in [-0.25, -0.2) is 8.78 Å². The molecule has 2 aromatic rings. The first-order chi connectivity index (χ1) is 12.0. The Balaban J connectivity index is 1.57. The lowest BCUT2D eigenvalue weighted by Crippen LogP contribution is -2.47. The van der Waals surface area contributed by atoms with Crippen molar-refractivity contribution in [2.75, 3.05) is 13.7 Å². The molecule has 25 heavy (non-hydrogen) atoms. The third-order valence-corrected chi connectivity index (χ3v) is 4.58. The minimum atomic E-state index is -2.59. The Bertz CT molecular complexity index is 710. The Labute approximate surface area is 145 Å². The lowest BCUT2D eigenvalue weighted by molar-refractivity contribution is -0.145. The summed E-state index contributed by atoms with van der Waals surface area (Å²) in [6.07, 6.45) is 4.48. The van der Waals surface area contributed by atoms with Gasteiger partial charge in [-0.15, -0.1) is 0 Å². The van der Waals surface area contributed by atoms with E-state index >= 15 is 0 Å². The first-order valence-corrected chi connectivity index (χ1v) is 8.21. The Morgan fingerprint density at radius 2 is 2.12 bits per heavy atom. The number of rotatable bonds is 7. The number of aromatic nitrogens is 2. The summed E-state index contributed by atoms with van der Waals surface area (Å²) in [4.78, 5) is 16.4. The van der Waals surface area contributed by atoms with Crippen LogP contribution in [-0.2, 0) is 11.3 Å². The topological polar surface area (TPSA) is 56.1 Å². The fourth-order valence-corrected chi connectivity index (χ4v) is 3.14. The number of carbonyl (C=O) groups excluding carboxylic acids is 1. The van der Waals surface area contributed by atoms with Crippen LogP contribution in [0.1, 0.15) is 28.9 Å². The first-order valence-electron chi connectivity index (χ1n) is 8.21. The number of ether oxygens (including phenoxy) is 1. The Hall–Kier alpha value is -2.28. The quantitative estimate of drug-likeness (QED) is 0.836. The molecule has 0 aliphatic heterocycles. The van der Waals surface area contributed by atoms with Gasteiger partial charge in [-0.3, -0.25) is 9.78 Å². The number of hydrogen-bond donors (Lipinski definition) is 1. The van der Waals surface area contributed by atoms with Gasteiger partial charge in [0.15, 0.2) is 0 Å². The van der Waals surface area contributed by atoms with Crippen molar-refractivity contribution in [1.29, 1.82) is 0 Å². The standard InChI is InChI=1S/C18H21F2N3O2/c1-25-16(14-9-18(19,20)10-14)11-22-17(24)15-3-2-8-23(15)12-13-4-6-21-7-5-13/h2-8,14,16H,9-12H2,1H3,(H,22,24). The Morgan fingerprint density at radius 1 is 1.40 bits per heavy atom. The highest BCUT2D eigenvalue weighted by atomic mass is 19.3. The molecule has 1 atom stereocenters. The molecule has 1 amide bonds. The fourth-order valence-electron chi connectivity index (χ4n) is 3.14. The maximum absolute atomic E-state index is 13.0. The van der Waals surface area contributed by atoms with Gasteiger partial charge in [-0.2, -0.15) is 0 Å². The number of amides is 1. The van der Waals surface area contributed by atoms with Crippen LogP contribution in [0.2, 0.25) is 0 Å². The Morgan fingerprint density at radius 3 is 2.76 bits per heavy atom. The molecule has 0 radical (unpaired) electrons. The molecule has 1 aliphatic rings. The van der Waals surface area contributed by atoms with Gasteiger partial charge in [-0.05, 0) is 35.7 Å². The maximum atomic E-state index is 13.0. The van der Waals surface area contributed by atoms with Gasteiger partial charge in [0.2, 0.25) is 5.92 Å². The first kappa shape index (κ1) is 17.5. The zero-order valence-corrected chi connectivity index (χ0v) is 14.0. The summed E-state index contributed by atoms with van der Waals surface area (Å²) < 4.78 is 33.1. The van der Waals surface area contributed by atoms with Crippen molar-refractivity contribution in [1.82, 2.24) is 14.9 Å². The highest BCUT2D eigenvalue weighted by Crippen LogP contribution is 2.44. The van der Waals surface area contributed by atoms with Crippen LogP contribution in [0.25, 0.3) is 0 Å². The molecule has 0 spiro atoms. The highest BCUT2D eigenvalue weighted by molar-refractivity contribution is 5.92. The number of hydrogen-bond acceptors (Lipinski definition) is 3. The maximum Gasteiger partial charge on any atom is 0.268 e. The van der Waals surface area contributed by atoms with Crippen molar-refractivity contribution < 1.29 is 18.3 Å². The number of halogens is 2. The molecule has 1 saturated carbocycles. The van der Waals surface area contributed by atoms with Crippen molar-refractivity contribution in [2.45, 2.75) is 31.4 Å². The second-order valence-corrected chi connectivity index (χ2v) is 6.39. The summed E-state index contributed by atoms with van der Waals surface area (Å²) in [5, 5.41) is 2.80. The molecule has 5 nitrogen and oxygen atoms in total. The molecule has 134 valence electrons. The average Bonchev–Trinajstić information content (AvgIpc) is 3.02. The van der Waals surface area contributed by atoms with E-state index in [1.165, 1.54) is 7.11 Å². The van der Waals surface area contributed by atoms with Crippen LogP contribution in [0.5, 0.6) is 0 Å². The van der Waals surface area contributed by atoms with Crippen molar-refractivity contribution >= 4 is 5.91 Å². The van der Waals surface area contributed by atoms with Crippen LogP contribution in [-0.4, -0.2) is 41.1 Å². The van der Waals surface area contributed by atoms with E-state index in [0.717, 1.165) is 5.56 Å². The monoisotopic (exact) mass is 349 g/mol. The van der Waals surface area contributed by atoms with Crippen LogP contribution < -0.4 is 5.32 Å². The van der Waals surface area contributed by atoms with E-state index in [4.69, 9.17) is 4.74 Å². The molecular weight excluding hydrogens is 328 g/mol. The Kier molecular flexibility index (Phi) is 5.13. The number of carbonyl (C=O) groups is 1. The molecule has 3 rings (SSSR count). The van der Waals surface area contributed by atoms with Crippen molar-refractivity contribution in [3.63, 3.8) is 0 Å². The van der Waals surface area contributed by atoms with E-state index in [2.05, 4.69) is 10.3 Å². The van der Waals surface area contributed by atoms with Crippen molar-refractivity contribution in [2.24, 2.45) is 5.92 Å². The minimum Gasteiger partial charge on any atom is -0.379 e. The van der Waals surface area contributed by atoms with Crippen molar-refractivity contribution in [3.05, 3.63) is 54.1 Å². The van der Waals surface area contributed by atoms with E-state index < -0.39 is 12.0 Å². The number of alkyl halides is 2. The van der Waals surface area contributed by atoms with Gasteiger partial charge >= 0.3 is 0 Å². The lowest BCUT2D eigenvalue weighted by atomic mass is 9.77. The third kappa shape index (κ3) is 4.22. The fraction of sp³-hybridized carbons (Fsp3) is 0.444.